The highest BCUT2D eigenvalue weighted by atomic mass is 32.2. The van der Waals surface area contributed by atoms with E-state index in [0.29, 0.717) is 16.7 Å². The lowest BCUT2D eigenvalue weighted by atomic mass is 10.2. The van der Waals surface area contributed by atoms with Crippen molar-refractivity contribution >= 4 is 22.2 Å². The number of hydrogen-bond donors (Lipinski definition) is 2. The van der Waals surface area contributed by atoms with E-state index >= 15 is 0 Å². The lowest BCUT2D eigenvalue weighted by Gasteiger charge is -2.13. The van der Waals surface area contributed by atoms with Crippen molar-refractivity contribution in [2.45, 2.75) is 18.7 Å². The predicted molar refractivity (Wildman–Crippen MR) is 120 cm³/mol. The number of hydrazone groups is 1. The highest BCUT2D eigenvalue weighted by Crippen LogP contribution is 2.31. The smallest absolute Gasteiger partial charge is 0.339 e. The summed E-state index contributed by atoms with van der Waals surface area (Å²) in [6.45, 7) is 3.49. The molecule has 0 spiro atoms. The van der Waals surface area contributed by atoms with E-state index in [0.717, 1.165) is 5.56 Å². The van der Waals surface area contributed by atoms with Crippen LogP contribution in [-0.4, -0.2) is 32.8 Å². The molecule has 2 N–H and O–H groups in total. The maximum Gasteiger partial charge on any atom is 0.339 e. The van der Waals surface area contributed by atoms with Crippen LogP contribution in [0.3, 0.4) is 0 Å². The lowest BCUT2D eigenvalue weighted by molar-refractivity contribution is 0.0955. The first-order valence-corrected chi connectivity index (χ1v) is 10.9. The summed E-state index contributed by atoms with van der Waals surface area (Å²) >= 11 is 0. The van der Waals surface area contributed by atoms with Crippen LogP contribution in [0.1, 0.15) is 27.0 Å². The molecule has 32 heavy (non-hydrogen) atoms. The zero-order valence-electron chi connectivity index (χ0n) is 17.7. The number of ether oxygens (including phenoxy) is 1. The van der Waals surface area contributed by atoms with E-state index in [-0.39, 0.29) is 22.1 Å². The van der Waals surface area contributed by atoms with Crippen LogP contribution in [0.4, 0.5) is 0 Å². The van der Waals surface area contributed by atoms with Crippen LogP contribution in [0.5, 0.6) is 17.2 Å². The average Bonchev–Trinajstić information content (AvgIpc) is 2.76. The summed E-state index contributed by atoms with van der Waals surface area (Å²) in [7, 11) is -2.67. The minimum absolute atomic E-state index is 0.0266. The summed E-state index contributed by atoms with van der Waals surface area (Å²) in [5, 5.41) is 13.2. The number of nitrogens with zero attached hydrogens (tertiary/aromatic N) is 1. The Labute approximate surface area is 186 Å². The van der Waals surface area contributed by atoms with Crippen molar-refractivity contribution in [1.82, 2.24) is 5.43 Å². The fourth-order valence-electron chi connectivity index (χ4n) is 2.82. The lowest BCUT2D eigenvalue weighted by Crippen LogP contribution is -2.17. The fourth-order valence-corrected chi connectivity index (χ4v) is 4.07. The summed E-state index contributed by atoms with van der Waals surface area (Å²) in [5.74, 6) is -0.182. The fraction of sp³-hybridized carbons (Fsp3) is 0.130. The zero-order valence-corrected chi connectivity index (χ0v) is 18.5. The maximum atomic E-state index is 12.8. The van der Waals surface area contributed by atoms with Gasteiger partial charge in [0, 0.05) is 5.56 Å². The predicted octanol–water partition coefficient (Wildman–Crippen LogP) is 3.55. The minimum Gasteiger partial charge on any atom is -0.508 e. The summed E-state index contributed by atoms with van der Waals surface area (Å²) < 4.78 is 36.1. The number of phenolic OH excluding ortho intramolecular Hbond substituents is 1. The van der Waals surface area contributed by atoms with Gasteiger partial charge in [-0.15, -0.1) is 0 Å². The number of methoxy groups -OCH3 is 1. The van der Waals surface area contributed by atoms with E-state index in [2.05, 4.69) is 10.5 Å². The zero-order chi connectivity index (χ0) is 23.3. The molecule has 0 aliphatic rings. The molecule has 0 aromatic heterocycles. The minimum atomic E-state index is -4.06. The van der Waals surface area contributed by atoms with Crippen LogP contribution in [0.25, 0.3) is 0 Å². The molecule has 0 saturated heterocycles. The Morgan fingerprint density at radius 3 is 2.41 bits per heavy atom. The first kappa shape index (κ1) is 22.8. The van der Waals surface area contributed by atoms with Crippen LogP contribution in [0, 0.1) is 13.8 Å². The third-order valence-corrected chi connectivity index (χ3v) is 5.89. The molecule has 3 aromatic carbocycles. The Balaban J connectivity index is 1.75. The second-order valence-corrected chi connectivity index (χ2v) is 8.48. The molecule has 166 valence electrons. The van der Waals surface area contributed by atoms with Gasteiger partial charge in [-0.25, -0.2) is 5.43 Å². The number of aryl methyl sites for hydroxylation is 2. The van der Waals surface area contributed by atoms with Crippen molar-refractivity contribution in [3.63, 3.8) is 0 Å². The number of benzene rings is 3. The molecule has 0 heterocycles. The average molecular weight is 455 g/mol. The summed E-state index contributed by atoms with van der Waals surface area (Å²) in [5.41, 5.74) is 4.62. The van der Waals surface area contributed by atoms with Crippen molar-refractivity contribution in [2.75, 3.05) is 7.11 Å². The number of rotatable bonds is 7. The second kappa shape index (κ2) is 9.52. The van der Waals surface area contributed by atoms with E-state index < -0.39 is 16.0 Å². The van der Waals surface area contributed by atoms with Crippen LogP contribution in [0.2, 0.25) is 0 Å². The highest BCUT2D eigenvalue weighted by Gasteiger charge is 2.21. The number of aromatic hydroxyl groups is 1. The number of carbonyl (C=O) groups is 1. The standard InChI is InChI=1S/C23H22N2O6S/c1-15-4-5-16(2)22(12-15)32(28,29)31-20-11-6-17(13-21(20)30-3)14-24-25-23(27)18-7-9-19(26)10-8-18/h4-14,26H,1-3H3,(H,25,27). The maximum absolute atomic E-state index is 12.8. The van der Waals surface area contributed by atoms with E-state index in [1.165, 1.54) is 49.7 Å². The summed E-state index contributed by atoms with van der Waals surface area (Å²) in [6, 6.07) is 15.4. The third kappa shape index (κ3) is 5.44. The van der Waals surface area contributed by atoms with E-state index in [1.54, 1.807) is 32.0 Å². The molecule has 0 atom stereocenters. The quantitative estimate of drug-likeness (QED) is 0.321. The highest BCUT2D eigenvalue weighted by molar-refractivity contribution is 7.87. The van der Waals surface area contributed by atoms with Gasteiger partial charge in [-0.2, -0.15) is 13.5 Å². The van der Waals surface area contributed by atoms with Gasteiger partial charge in [0.1, 0.15) is 10.6 Å². The van der Waals surface area contributed by atoms with Gasteiger partial charge in [0.2, 0.25) is 0 Å². The normalized spacial score (nSPS) is 11.3. The molecule has 3 rings (SSSR count). The largest absolute Gasteiger partial charge is 0.508 e. The summed E-state index contributed by atoms with van der Waals surface area (Å²) in [4.78, 5) is 12.1. The molecule has 3 aromatic rings. The van der Waals surface area contributed by atoms with Crippen molar-refractivity contribution < 1.29 is 27.2 Å². The molecule has 1 amide bonds. The molecule has 0 saturated carbocycles. The molecule has 0 aliphatic carbocycles. The van der Waals surface area contributed by atoms with Crippen molar-refractivity contribution in [2.24, 2.45) is 5.10 Å². The molecule has 0 fully saturated rings. The first-order chi connectivity index (χ1) is 15.2. The van der Waals surface area contributed by atoms with E-state index in [4.69, 9.17) is 8.92 Å². The Hall–Kier alpha value is -3.85. The molecule has 0 aliphatic heterocycles. The first-order valence-electron chi connectivity index (χ1n) is 9.52. The monoisotopic (exact) mass is 454 g/mol. The number of amides is 1. The van der Waals surface area contributed by atoms with Gasteiger partial charge in [0.15, 0.2) is 11.5 Å². The Bertz CT molecular complexity index is 1270. The molecular weight excluding hydrogens is 432 g/mol. The second-order valence-electron chi connectivity index (χ2n) is 6.96. The number of phenols is 1. The summed E-state index contributed by atoms with van der Waals surface area (Å²) in [6.07, 6.45) is 1.38. The Kier molecular flexibility index (Phi) is 6.79. The molecule has 0 bridgehead atoms. The Morgan fingerprint density at radius 2 is 1.72 bits per heavy atom. The number of nitrogens with one attached hydrogen (secondary N) is 1. The van der Waals surface area contributed by atoms with Crippen LogP contribution >= 0.6 is 0 Å². The van der Waals surface area contributed by atoms with Gasteiger partial charge in [-0.1, -0.05) is 12.1 Å². The molecule has 9 heteroatoms. The molecular formula is C23H22N2O6S. The van der Waals surface area contributed by atoms with Gasteiger partial charge in [-0.05, 0) is 79.1 Å². The number of carbonyl (C=O) groups excluding carboxylic acids is 1. The SMILES string of the molecule is COc1cc(C=NNC(=O)c2ccc(O)cc2)ccc1OS(=O)(=O)c1cc(C)ccc1C. The Morgan fingerprint density at radius 1 is 1.00 bits per heavy atom. The third-order valence-electron chi connectivity index (χ3n) is 4.51. The van der Waals surface area contributed by atoms with Crippen molar-refractivity contribution in [1.29, 1.82) is 0 Å². The number of hydrogen-bond acceptors (Lipinski definition) is 7. The molecule has 0 radical (unpaired) electrons. The van der Waals surface area contributed by atoms with Gasteiger partial charge in [0.25, 0.3) is 5.91 Å². The van der Waals surface area contributed by atoms with Crippen LogP contribution < -0.4 is 14.3 Å². The van der Waals surface area contributed by atoms with Crippen molar-refractivity contribution in [3.8, 4) is 17.2 Å². The topological polar surface area (TPSA) is 114 Å². The van der Waals surface area contributed by atoms with E-state index in [1.807, 2.05) is 6.07 Å². The van der Waals surface area contributed by atoms with Crippen LogP contribution in [-0.2, 0) is 10.1 Å². The van der Waals surface area contributed by atoms with Crippen LogP contribution in [0.15, 0.2) is 70.7 Å². The van der Waals surface area contributed by atoms with Gasteiger partial charge in [0.05, 0.1) is 13.3 Å². The van der Waals surface area contributed by atoms with Gasteiger partial charge < -0.3 is 14.0 Å². The van der Waals surface area contributed by atoms with E-state index in [9.17, 15) is 18.3 Å². The molecule has 0 unspecified atom stereocenters. The van der Waals surface area contributed by atoms with Gasteiger partial charge in [-0.3, -0.25) is 4.79 Å². The van der Waals surface area contributed by atoms with Crippen molar-refractivity contribution in [3.05, 3.63) is 82.9 Å². The van der Waals surface area contributed by atoms with Gasteiger partial charge >= 0.3 is 10.1 Å². The molecule has 8 nitrogen and oxygen atoms in total.